The summed E-state index contributed by atoms with van der Waals surface area (Å²) in [5, 5.41) is 0. The van der Waals surface area contributed by atoms with Gasteiger partial charge in [0.15, 0.2) is 0 Å². The van der Waals surface area contributed by atoms with Crippen LogP contribution in [0.2, 0.25) is 0 Å². The summed E-state index contributed by atoms with van der Waals surface area (Å²) in [6.45, 7) is 3.22. The minimum Gasteiger partial charge on any atom is -0.489 e. The second-order valence-electron chi connectivity index (χ2n) is 7.35. The molecule has 1 aromatic carbocycles. The molecule has 0 spiro atoms. The van der Waals surface area contributed by atoms with Gasteiger partial charge in [-0.05, 0) is 31.7 Å². The Balaban J connectivity index is 1.95. The van der Waals surface area contributed by atoms with Crippen LogP contribution in [0.25, 0.3) is 0 Å². The summed E-state index contributed by atoms with van der Waals surface area (Å²) in [5.74, 6) is -1.14. The molecule has 1 aliphatic heterocycles. The summed E-state index contributed by atoms with van der Waals surface area (Å²) in [5.41, 5.74) is 1.62. The SMILES string of the molecule is COC1=C(OC)C(=O)C(C(CCC(=O)N2CCCC2)c2ccccc2)=C(C)C1=O. The first-order valence-corrected chi connectivity index (χ1v) is 9.94. The van der Waals surface area contributed by atoms with E-state index in [-0.39, 0.29) is 34.9 Å². The molecule has 6 heteroatoms. The van der Waals surface area contributed by atoms with E-state index in [9.17, 15) is 14.4 Å². The number of methoxy groups -OCH3 is 2. The van der Waals surface area contributed by atoms with Crippen LogP contribution < -0.4 is 0 Å². The van der Waals surface area contributed by atoms with Crippen molar-refractivity contribution < 1.29 is 23.9 Å². The van der Waals surface area contributed by atoms with E-state index in [2.05, 4.69) is 0 Å². The number of benzene rings is 1. The standard InChI is InChI=1S/C23H27NO5/c1-15-19(21(27)23(29-3)22(28-2)20(15)26)17(16-9-5-4-6-10-16)11-12-18(25)24-13-7-8-14-24/h4-6,9-10,17H,7-8,11-14H2,1-3H3. The molecule has 6 nitrogen and oxygen atoms in total. The zero-order valence-electron chi connectivity index (χ0n) is 17.2. The fraction of sp³-hybridized carbons (Fsp3) is 0.435. The number of hydrogen-bond donors (Lipinski definition) is 0. The number of likely N-dealkylation sites (tertiary alicyclic amines) is 1. The molecule has 0 bridgehead atoms. The Morgan fingerprint density at radius 2 is 1.59 bits per heavy atom. The Labute approximate surface area is 171 Å². The minimum atomic E-state index is -0.372. The van der Waals surface area contributed by atoms with E-state index in [0.717, 1.165) is 31.5 Å². The van der Waals surface area contributed by atoms with Crippen molar-refractivity contribution in [2.45, 2.75) is 38.5 Å². The Morgan fingerprint density at radius 3 is 2.17 bits per heavy atom. The van der Waals surface area contributed by atoms with Gasteiger partial charge >= 0.3 is 0 Å². The van der Waals surface area contributed by atoms with Crippen LogP contribution in [-0.2, 0) is 23.9 Å². The lowest BCUT2D eigenvalue weighted by Gasteiger charge is -2.27. The van der Waals surface area contributed by atoms with Crippen LogP contribution in [-0.4, -0.2) is 49.7 Å². The van der Waals surface area contributed by atoms with Crippen LogP contribution in [0.3, 0.4) is 0 Å². The third-order valence-corrected chi connectivity index (χ3v) is 5.67. The predicted molar refractivity (Wildman–Crippen MR) is 108 cm³/mol. The van der Waals surface area contributed by atoms with Crippen LogP contribution in [0.1, 0.15) is 44.1 Å². The fourth-order valence-electron chi connectivity index (χ4n) is 4.14. The van der Waals surface area contributed by atoms with Crippen molar-refractivity contribution in [1.82, 2.24) is 4.90 Å². The van der Waals surface area contributed by atoms with E-state index in [4.69, 9.17) is 9.47 Å². The Morgan fingerprint density at radius 1 is 1.00 bits per heavy atom. The van der Waals surface area contributed by atoms with Gasteiger partial charge in [0, 0.05) is 36.6 Å². The van der Waals surface area contributed by atoms with Gasteiger partial charge in [0.25, 0.3) is 0 Å². The van der Waals surface area contributed by atoms with Crippen LogP contribution in [0.4, 0.5) is 0 Å². The zero-order valence-corrected chi connectivity index (χ0v) is 17.2. The third kappa shape index (κ3) is 4.11. The molecule has 1 amide bonds. The molecular weight excluding hydrogens is 370 g/mol. The maximum atomic E-state index is 13.2. The van der Waals surface area contributed by atoms with Gasteiger partial charge in [-0.1, -0.05) is 30.3 Å². The van der Waals surface area contributed by atoms with Crippen molar-refractivity contribution in [3.05, 3.63) is 58.6 Å². The van der Waals surface area contributed by atoms with Gasteiger partial charge in [0.2, 0.25) is 29.0 Å². The van der Waals surface area contributed by atoms with Crippen molar-refractivity contribution >= 4 is 17.5 Å². The third-order valence-electron chi connectivity index (χ3n) is 5.67. The molecule has 0 N–H and O–H groups in total. The summed E-state index contributed by atoms with van der Waals surface area (Å²) in [6.07, 6.45) is 2.84. The number of ketones is 2. The highest BCUT2D eigenvalue weighted by molar-refractivity contribution is 6.24. The topological polar surface area (TPSA) is 72.9 Å². The summed E-state index contributed by atoms with van der Waals surface area (Å²) in [4.78, 5) is 40.5. The van der Waals surface area contributed by atoms with Crippen LogP contribution >= 0.6 is 0 Å². The van der Waals surface area contributed by atoms with Crippen molar-refractivity contribution in [3.8, 4) is 0 Å². The molecule has 1 aliphatic carbocycles. The monoisotopic (exact) mass is 397 g/mol. The number of amides is 1. The normalized spacial score (nSPS) is 18.4. The van der Waals surface area contributed by atoms with Crippen LogP contribution in [0.15, 0.2) is 53.0 Å². The fourth-order valence-corrected chi connectivity index (χ4v) is 4.14. The summed E-state index contributed by atoms with van der Waals surface area (Å²) in [7, 11) is 2.70. The average molecular weight is 397 g/mol. The number of carbonyl (C=O) groups excluding carboxylic acids is 3. The molecule has 1 heterocycles. The Hall–Kier alpha value is -2.89. The van der Waals surface area contributed by atoms with Crippen molar-refractivity contribution in [2.24, 2.45) is 0 Å². The van der Waals surface area contributed by atoms with Gasteiger partial charge < -0.3 is 14.4 Å². The van der Waals surface area contributed by atoms with Crippen LogP contribution in [0.5, 0.6) is 0 Å². The summed E-state index contributed by atoms with van der Waals surface area (Å²) < 4.78 is 10.4. The lowest BCUT2D eigenvalue weighted by Crippen LogP contribution is -2.30. The van der Waals surface area contributed by atoms with Gasteiger partial charge in [0.05, 0.1) is 14.2 Å². The second kappa shape index (κ2) is 9.07. The number of ether oxygens (including phenoxy) is 2. The lowest BCUT2D eigenvalue weighted by atomic mass is 9.78. The van der Waals surface area contributed by atoms with E-state index in [1.165, 1.54) is 14.2 Å². The number of Topliss-reactive ketones (excluding diaryl/α,β-unsaturated/α-hetero) is 2. The van der Waals surface area contributed by atoms with Crippen molar-refractivity contribution in [2.75, 3.05) is 27.3 Å². The Bertz CT molecular complexity index is 863. The molecule has 2 aliphatic rings. The maximum absolute atomic E-state index is 13.2. The molecule has 0 saturated carbocycles. The van der Waals surface area contributed by atoms with Crippen LogP contribution in [0, 0.1) is 0 Å². The molecular formula is C23H27NO5. The van der Waals surface area contributed by atoms with E-state index in [1.807, 2.05) is 35.2 Å². The quantitative estimate of drug-likeness (QED) is 0.661. The van der Waals surface area contributed by atoms with Gasteiger partial charge in [-0.2, -0.15) is 0 Å². The second-order valence-corrected chi connectivity index (χ2v) is 7.35. The average Bonchev–Trinajstić information content (AvgIpc) is 3.28. The number of rotatable bonds is 7. The highest BCUT2D eigenvalue weighted by Crippen LogP contribution is 2.38. The molecule has 1 aromatic rings. The molecule has 1 unspecified atom stereocenters. The first kappa shape index (κ1) is 20.8. The number of hydrogen-bond acceptors (Lipinski definition) is 5. The number of nitrogens with zero attached hydrogens (tertiary/aromatic N) is 1. The van der Waals surface area contributed by atoms with E-state index < -0.39 is 0 Å². The summed E-state index contributed by atoms with van der Waals surface area (Å²) >= 11 is 0. The number of allylic oxidation sites excluding steroid dienone is 2. The molecule has 3 rings (SSSR count). The van der Waals surface area contributed by atoms with Crippen molar-refractivity contribution in [3.63, 3.8) is 0 Å². The molecule has 1 saturated heterocycles. The largest absolute Gasteiger partial charge is 0.489 e. The van der Waals surface area contributed by atoms with Gasteiger partial charge in [-0.15, -0.1) is 0 Å². The highest BCUT2D eigenvalue weighted by atomic mass is 16.5. The van der Waals surface area contributed by atoms with E-state index in [0.29, 0.717) is 24.0 Å². The first-order valence-electron chi connectivity index (χ1n) is 9.94. The molecule has 1 fully saturated rings. The van der Waals surface area contributed by atoms with E-state index >= 15 is 0 Å². The van der Waals surface area contributed by atoms with Gasteiger partial charge in [-0.25, -0.2) is 0 Å². The zero-order chi connectivity index (χ0) is 21.0. The lowest BCUT2D eigenvalue weighted by molar-refractivity contribution is -0.130. The summed E-state index contributed by atoms with van der Waals surface area (Å²) in [6, 6.07) is 9.53. The molecule has 1 atom stereocenters. The predicted octanol–water partition coefficient (Wildman–Crippen LogP) is 3.15. The first-order chi connectivity index (χ1) is 14.0. The molecule has 0 radical (unpaired) electrons. The molecule has 0 aromatic heterocycles. The number of carbonyl (C=O) groups is 3. The van der Waals surface area contributed by atoms with Gasteiger partial charge in [0.1, 0.15) is 0 Å². The van der Waals surface area contributed by atoms with Gasteiger partial charge in [-0.3, -0.25) is 14.4 Å². The van der Waals surface area contributed by atoms with Crippen molar-refractivity contribution in [1.29, 1.82) is 0 Å². The molecule has 29 heavy (non-hydrogen) atoms. The maximum Gasteiger partial charge on any atom is 0.228 e. The molecule has 154 valence electrons. The Kier molecular flexibility index (Phi) is 6.52. The highest BCUT2D eigenvalue weighted by Gasteiger charge is 2.38. The minimum absolute atomic E-state index is 0.0706. The van der Waals surface area contributed by atoms with E-state index in [1.54, 1.807) is 6.92 Å². The smallest absolute Gasteiger partial charge is 0.228 e.